The molecule has 0 aromatic heterocycles. The fourth-order valence-electron chi connectivity index (χ4n) is 2.77. The molecule has 0 amide bonds. The van der Waals surface area contributed by atoms with Crippen molar-refractivity contribution in [2.75, 3.05) is 19.3 Å². The number of hydrogen-bond acceptors (Lipinski definition) is 2. The van der Waals surface area contributed by atoms with E-state index in [2.05, 4.69) is 42.8 Å². The first-order valence-electron chi connectivity index (χ1n) is 7.12. The van der Waals surface area contributed by atoms with Gasteiger partial charge in [-0.1, -0.05) is 31.2 Å². The number of fused-ring (bicyclic) bond motifs is 1. The van der Waals surface area contributed by atoms with Gasteiger partial charge < -0.3 is 5.32 Å². The lowest BCUT2D eigenvalue weighted by Crippen LogP contribution is -2.26. The molecule has 2 heteroatoms. The highest BCUT2D eigenvalue weighted by atomic mass is 32.2. The highest BCUT2D eigenvalue weighted by molar-refractivity contribution is 7.99. The predicted molar refractivity (Wildman–Crippen MR) is 82.6 cm³/mol. The van der Waals surface area contributed by atoms with E-state index in [4.69, 9.17) is 0 Å². The number of nitrogens with one attached hydrogen (secondary N) is 1. The number of aryl methyl sites for hydroxylation is 1. The van der Waals surface area contributed by atoms with Gasteiger partial charge in [0.15, 0.2) is 0 Å². The Morgan fingerprint density at radius 2 is 2.22 bits per heavy atom. The molecule has 2 unspecified atom stereocenters. The first kappa shape index (κ1) is 14.0. The van der Waals surface area contributed by atoms with Gasteiger partial charge in [-0.15, -0.1) is 0 Å². The second kappa shape index (κ2) is 7.20. The van der Waals surface area contributed by atoms with Crippen molar-refractivity contribution in [1.29, 1.82) is 0 Å². The standard InChI is InChI=1S/C16H25NS/c1-13(18-2)10-11-17-12-15-8-5-7-14-6-3-4-9-16(14)15/h3-4,6,9,13,15,17H,5,7-8,10-12H2,1-2H3. The second-order valence-corrected chi connectivity index (χ2v) is 6.60. The van der Waals surface area contributed by atoms with Crippen LogP contribution in [0.1, 0.15) is 43.2 Å². The maximum absolute atomic E-state index is 3.65. The number of rotatable bonds is 6. The summed E-state index contributed by atoms with van der Waals surface area (Å²) in [6, 6.07) is 8.99. The Hall–Kier alpha value is -0.470. The van der Waals surface area contributed by atoms with E-state index in [0.29, 0.717) is 0 Å². The van der Waals surface area contributed by atoms with Crippen molar-refractivity contribution >= 4 is 11.8 Å². The molecule has 0 saturated heterocycles. The zero-order chi connectivity index (χ0) is 12.8. The van der Waals surface area contributed by atoms with Gasteiger partial charge in [-0.3, -0.25) is 0 Å². The fourth-order valence-corrected chi connectivity index (χ4v) is 3.12. The zero-order valence-electron chi connectivity index (χ0n) is 11.6. The van der Waals surface area contributed by atoms with Crippen molar-refractivity contribution < 1.29 is 0 Å². The molecule has 1 aromatic rings. The van der Waals surface area contributed by atoms with E-state index in [0.717, 1.165) is 24.3 Å². The summed E-state index contributed by atoms with van der Waals surface area (Å²) in [6.07, 6.45) is 7.44. The number of hydrogen-bond donors (Lipinski definition) is 1. The minimum absolute atomic E-state index is 0.736. The molecule has 1 nitrogen and oxygen atoms in total. The van der Waals surface area contributed by atoms with Crippen LogP contribution in [0.15, 0.2) is 24.3 Å². The third kappa shape index (κ3) is 3.76. The summed E-state index contributed by atoms with van der Waals surface area (Å²) in [4.78, 5) is 0. The third-order valence-corrected chi connectivity index (χ3v) is 5.05. The molecule has 1 aliphatic rings. The van der Waals surface area contributed by atoms with Crippen molar-refractivity contribution in [3.8, 4) is 0 Å². The molecule has 0 fully saturated rings. The predicted octanol–water partition coefficient (Wildman–Crippen LogP) is 3.84. The minimum atomic E-state index is 0.736. The Labute approximate surface area is 116 Å². The average molecular weight is 263 g/mol. The molecule has 0 heterocycles. The summed E-state index contributed by atoms with van der Waals surface area (Å²) >= 11 is 1.96. The van der Waals surface area contributed by atoms with Crippen LogP contribution in [-0.4, -0.2) is 24.6 Å². The Morgan fingerprint density at radius 3 is 3.06 bits per heavy atom. The van der Waals surface area contributed by atoms with Crippen molar-refractivity contribution in [3.05, 3.63) is 35.4 Å². The first-order chi connectivity index (χ1) is 8.81. The van der Waals surface area contributed by atoms with Gasteiger partial charge in [0.1, 0.15) is 0 Å². The van der Waals surface area contributed by atoms with Gasteiger partial charge in [-0.25, -0.2) is 0 Å². The molecule has 1 N–H and O–H groups in total. The molecule has 0 saturated carbocycles. The molecule has 1 aromatic carbocycles. The summed E-state index contributed by atoms with van der Waals surface area (Å²) in [6.45, 7) is 4.61. The topological polar surface area (TPSA) is 12.0 Å². The zero-order valence-corrected chi connectivity index (χ0v) is 12.4. The molecule has 1 aliphatic carbocycles. The van der Waals surface area contributed by atoms with E-state index < -0.39 is 0 Å². The van der Waals surface area contributed by atoms with Gasteiger partial charge in [0.2, 0.25) is 0 Å². The van der Waals surface area contributed by atoms with Gasteiger partial charge in [-0.2, -0.15) is 11.8 Å². The van der Waals surface area contributed by atoms with Crippen LogP contribution in [0.2, 0.25) is 0 Å². The Kier molecular flexibility index (Phi) is 5.58. The summed E-state index contributed by atoms with van der Waals surface area (Å²) in [5, 5.41) is 4.42. The quantitative estimate of drug-likeness (QED) is 0.783. The SMILES string of the molecule is CSC(C)CCNCC1CCCc2ccccc21. The summed E-state index contributed by atoms with van der Waals surface area (Å²) in [5.74, 6) is 0.736. The second-order valence-electron chi connectivity index (χ2n) is 5.33. The van der Waals surface area contributed by atoms with Gasteiger partial charge in [0.25, 0.3) is 0 Å². The van der Waals surface area contributed by atoms with Crippen LogP contribution in [0.3, 0.4) is 0 Å². The Bertz CT molecular complexity index is 364. The molecule has 100 valence electrons. The van der Waals surface area contributed by atoms with Crippen LogP contribution in [0, 0.1) is 0 Å². The summed E-state index contributed by atoms with van der Waals surface area (Å²) in [7, 11) is 0. The van der Waals surface area contributed by atoms with Gasteiger partial charge in [0, 0.05) is 11.8 Å². The maximum Gasteiger partial charge on any atom is 0.00280 e. The minimum Gasteiger partial charge on any atom is -0.316 e. The van der Waals surface area contributed by atoms with Crippen LogP contribution in [0.25, 0.3) is 0 Å². The maximum atomic E-state index is 3.65. The van der Waals surface area contributed by atoms with Crippen molar-refractivity contribution in [3.63, 3.8) is 0 Å². The molecule has 2 rings (SSSR count). The number of benzene rings is 1. The van der Waals surface area contributed by atoms with Crippen LogP contribution >= 0.6 is 11.8 Å². The molecular formula is C16H25NS. The molecule has 18 heavy (non-hydrogen) atoms. The van der Waals surface area contributed by atoms with E-state index in [1.54, 1.807) is 11.1 Å². The lowest BCUT2D eigenvalue weighted by molar-refractivity contribution is 0.503. The molecular weight excluding hydrogens is 238 g/mol. The van der Waals surface area contributed by atoms with Crippen LogP contribution in [-0.2, 0) is 6.42 Å². The van der Waals surface area contributed by atoms with Gasteiger partial charge in [-0.05, 0) is 55.5 Å². The Balaban J connectivity index is 1.81. The van der Waals surface area contributed by atoms with Crippen molar-refractivity contribution in [2.45, 2.75) is 43.8 Å². The van der Waals surface area contributed by atoms with Gasteiger partial charge in [0.05, 0.1) is 0 Å². The van der Waals surface area contributed by atoms with E-state index in [-0.39, 0.29) is 0 Å². The average Bonchev–Trinajstić information content (AvgIpc) is 2.43. The van der Waals surface area contributed by atoms with Crippen molar-refractivity contribution in [2.24, 2.45) is 0 Å². The smallest absolute Gasteiger partial charge is 0.00280 e. The van der Waals surface area contributed by atoms with Crippen LogP contribution in [0.4, 0.5) is 0 Å². The van der Waals surface area contributed by atoms with Gasteiger partial charge >= 0.3 is 0 Å². The Morgan fingerprint density at radius 1 is 1.39 bits per heavy atom. The normalized spacial score (nSPS) is 20.4. The first-order valence-corrected chi connectivity index (χ1v) is 8.41. The largest absolute Gasteiger partial charge is 0.316 e. The summed E-state index contributed by atoms with van der Waals surface area (Å²) in [5.41, 5.74) is 3.17. The lowest BCUT2D eigenvalue weighted by atomic mass is 9.83. The van der Waals surface area contributed by atoms with E-state index in [1.807, 2.05) is 11.8 Å². The molecule has 0 radical (unpaired) electrons. The van der Waals surface area contributed by atoms with E-state index in [9.17, 15) is 0 Å². The van der Waals surface area contributed by atoms with Crippen LogP contribution in [0.5, 0.6) is 0 Å². The lowest BCUT2D eigenvalue weighted by Gasteiger charge is -2.26. The van der Waals surface area contributed by atoms with Crippen molar-refractivity contribution in [1.82, 2.24) is 5.32 Å². The highest BCUT2D eigenvalue weighted by Crippen LogP contribution is 2.30. The molecule has 0 bridgehead atoms. The fraction of sp³-hybridized carbons (Fsp3) is 0.625. The summed E-state index contributed by atoms with van der Waals surface area (Å²) < 4.78 is 0. The molecule has 0 aliphatic heterocycles. The number of thioether (sulfide) groups is 1. The highest BCUT2D eigenvalue weighted by Gasteiger charge is 2.18. The van der Waals surface area contributed by atoms with E-state index >= 15 is 0 Å². The molecule has 0 spiro atoms. The monoisotopic (exact) mass is 263 g/mol. The molecule has 2 atom stereocenters. The third-order valence-electron chi connectivity index (χ3n) is 4.01. The van der Waals surface area contributed by atoms with Crippen LogP contribution < -0.4 is 5.32 Å². The van der Waals surface area contributed by atoms with E-state index in [1.165, 1.54) is 25.7 Å².